The van der Waals surface area contributed by atoms with Gasteiger partial charge in [-0.3, -0.25) is 0 Å². The number of sulfonamides is 1. The SMILES string of the molecule is CC(C)(C)S(=O)(=O)NC1CCN(C(=O)Nc2ccc(OCC3CC3)cc2)CC1. The van der Waals surface area contributed by atoms with E-state index in [0.717, 1.165) is 18.0 Å². The van der Waals surface area contributed by atoms with Crippen LogP contribution >= 0.6 is 0 Å². The quantitative estimate of drug-likeness (QED) is 0.755. The number of benzene rings is 1. The first-order valence-corrected chi connectivity index (χ1v) is 11.4. The number of likely N-dealkylation sites (tertiary alicyclic amines) is 1. The van der Waals surface area contributed by atoms with Crippen molar-refractivity contribution in [1.82, 2.24) is 9.62 Å². The average molecular weight is 410 g/mol. The zero-order chi connectivity index (χ0) is 20.4. The number of nitrogens with one attached hydrogen (secondary N) is 2. The van der Waals surface area contributed by atoms with E-state index >= 15 is 0 Å². The van der Waals surface area contributed by atoms with Gasteiger partial charge in [-0.1, -0.05) is 0 Å². The van der Waals surface area contributed by atoms with Gasteiger partial charge in [-0.05, 0) is 76.6 Å². The highest BCUT2D eigenvalue weighted by atomic mass is 32.2. The lowest BCUT2D eigenvalue weighted by Crippen LogP contribution is -2.50. The molecule has 8 heteroatoms. The van der Waals surface area contributed by atoms with E-state index in [9.17, 15) is 13.2 Å². The summed E-state index contributed by atoms with van der Waals surface area (Å²) in [7, 11) is -3.38. The highest BCUT2D eigenvalue weighted by Gasteiger charge is 2.33. The van der Waals surface area contributed by atoms with E-state index in [1.54, 1.807) is 25.7 Å². The lowest BCUT2D eigenvalue weighted by molar-refractivity contribution is 0.193. The molecule has 2 fully saturated rings. The maximum atomic E-state index is 12.5. The second-order valence-electron chi connectivity index (χ2n) is 8.70. The van der Waals surface area contributed by atoms with Gasteiger partial charge in [0.25, 0.3) is 0 Å². The van der Waals surface area contributed by atoms with Gasteiger partial charge < -0.3 is 15.0 Å². The van der Waals surface area contributed by atoms with Crippen molar-refractivity contribution < 1.29 is 17.9 Å². The monoisotopic (exact) mass is 409 g/mol. The number of hydrogen-bond donors (Lipinski definition) is 2. The molecule has 0 aromatic heterocycles. The highest BCUT2D eigenvalue weighted by Crippen LogP contribution is 2.29. The predicted molar refractivity (Wildman–Crippen MR) is 110 cm³/mol. The van der Waals surface area contributed by atoms with E-state index in [1.807, 2.05) is 24.3 Å². The second kappa shape index (κ2) is 8.29. The third kappa shape index (κ3) is 5.61. The Morgan fingerprint density at radius 2 is 1.71 bits per heavy atom. The summed E-state index contributed by atoms with van der Waals surface area (Å²) < 4.78 is 32.2. The molecule has 0 bridgehead atoms. The van der Waals surface area contributed by atoms with Crippen LogP contribution in [-0.2, 0) is 10.0 Å². The van der Waals surface area contributed by atoms with Crippen molar-refractivity contribution in [2.24, 2.45) is 5.92 Å². The fourth-order valence-electron chi connectivity index (χ4n) is 2.93. The van der Waals surface area contributed by atoms with Crippen LogP contribution < -0.4 is 14.8 Å². The topological polar surface area (TPSA) is 87.7 Å². The highest BCUT2D eigenvalue weighted by molar-refractivity contribution is 7.90. The van der Waals surface area contributed by atoms with E-state index in [-0.39, 0.29) is 12.1 Å². The van der Waals surface area contributed by atoms with Crippen molar-refractivity contribution in [1.29, 1.82) is 0 Å². The summed E-state index contributed by atoms with van der Waals surface area (Å²) in [6.07, 6.45) is 3.72. The number of amides is 2. The summed E-state index contributed by atoms with van der Waals surface area (Å²) in [6.45, 7) is 6.84. The van der Waals surface area contributed by atoms with Gasteiger partial charge in [0.15, 0.2) is 0 Å². The van der Waals surface area contributed by atoms with E-state index < -0.39 is 14.8 Å². The Hall–Kier alpha value is -1.80. The predicted octanol–water partition coefficient (Wildman–Crippen LogP) is 3.19. The van der Waals surface area contributed by atoms with Crippen molar-refractivity contribution in [2.45, 2.75) is 57.2 Å². The van der Waals surface area contributed by atoms with Gasteiger partial charge in [-0.2, -0.15) is 0 Å². The molecule has 1 aliphatic heterocycles. The summed E-state index contributed by atoms with van der Waals surface area (Å²) in [5.74, 6) is 1.52. The van der Waals surface area contributed by atoms with Crippen LogP contribution in [0.2, 0.25) is 0 Å². The number of urea groups is 1. The Morgan fingerprint density at radius 3 is 2.25 bits per heavy atom. The molecule has 1 saturated carbocycles. The zero-order valence-electron chi connectivity index (χ0n) is 16.9. The molecule has 2 amide bonds. The van der Waals surface area contributed by atoms with Gasteiger partial charge in [0.1, 0.15) is 5.75 Å². The molecule has 2 N–H and O–H groups in total. The minimum absolute atomic E-state index is 0.129. The standard InChI is InChI=1S/C20H31N3O4S/c1-20(2,3)28(25,26)22-17-10-12-23(13-11-17)19(24)21-16-6-8-18(9-7-16)27-14-15-4-5-15/h6-9,15,17,22H,4-5,10-14H2,1-3H3,(H,21,24). The molecule has 0 unspecified atom stereocenters. The number of hydrogen-bond acceptors (Lipinski definition) is 4. The van der Waals surface area contributed by atoms with Crippen molar-refractivity contribution in [3.8, 4) is 5.75 Å². The molecule has 1 aromatic carbocycles. The van der Waals surface area contributed by atoms with Crippen LogP contribution in [0.15, 0.2) is 24.3 Å². The Kier molecular flexibility index (Phi) is 6.19. The molecule has 28 heavy (non-hydrogen) atoms. The normalized spacial score (nSPS) is 18.8. The summed E-state index contributed by atoms with van der Waals surface area (Å²) in [5, 5.41) is 2.90. The van der Waals surface area contributed by atoms with E-state index in [4.69, 9.17) is 4.74 Å². The molecule has 2 aliphatic rings. The van der Waals surface area contributed by atoms with E-state index in [2.05, 4.69) is 10.0 Å². The maximum Gasteiger partial charge on any atom is 0.321 e. The minimum atomic E-state index is -3.38. The summed E-state index contributed by atoms with van der Waals surface area (Å²) in [6, 6.07) is 7.12. The van der Waals surface area contributed by atoms with Gasteiger partial charge in [-0.25, -0.2) is 17.9 Å². The third-order valence-corrected chi connectivity index (χ3v) is 7.45. The summed E-state index contributed by atoms with van der Waals surface area (Å²) in [4.78, 5) is 14.2. The van der Waals surface area contributed by atoms with Crippen molar-refractivity contribution in [2.75, 3.05) is 25.0 Å². The summed E-state index contributed by atoms with van der Waals surface area (Å²) >= 11 is 0. The number of rotatable bonds is 6. The Labute approximate surface area is 167 Å². The van der Waals surface area contributed by atoms with Crippen LogP contribution in [0.3, 0.4) is 0 Å². The van der Waals surface area contributed by atoms with Crippen molar-refractivity contribution in [3.05, 3.63) is 24.3 Å². The average Bonchev–Trinajstić information content (AvgIpc) is 3.45. The smallest absolute Gasteiger partial charge is 0.321 e. The minimum Gasteiger partial charge on any atom is -0.493 e. The van der Waals surface area contributed by atoms with Gasteiger partial charge >= 0.3 is 6.03 Å². The van der Waals surface area contributed by atoms with Crippen LogP contribution in [0.5, 0.6) is 5.75 Å². The van der Waals surface area contributed by atoms with Gasteiger partial charge in [0.05, 0.1) is 11.4 Å². The third-order valence-electron chi connectivity index (χ3n) is 5.20. The molecule has 7 nitrogen and oxygen atoms in total. The molecule has 1 saturated heterocycles. The molecule has 156 valence electrons. The molecule has 1 heterocycles. The Bertz CT molecular complexity index is 775. The first-order chi connectivity index (χ1) is 13.1. The number of piperidine rings is 1. The number of nitrogens with zero attached hydrogens (tertiary/aromatic N) is 1. The van der Waals surface area contributed by atoms with Crippen molar-refractivity contribution in [3.63, 3.8) is 0 Å². The molecule has 1 aromatic rings. The van der Waals surface area contributed by atoms with Gasteiger partial charge in [0.2, 0.25) is 10.0 Å². The molecular weight excluding hydrogens is 378 g/mol. The number of anilines is 1. The number of carbonyl (C=O) groups is 1. The lowest BCUT2D eigenvalue weighted by Gasteiger charge is -2.33. The molecule has 0 atom stereocenters. The lowest BCUT2D eigenvalue weighted by atomic mass is 10.1. The van der Waals surface area contributed by atoms with Crippen LogP contribution in [0, 0.1) is 5.92 Å². The van der Waals surface area contributed by atoms with Gasteiger partial charge in [0, 0.05) is 24.8 Å². The Morgan fingerprint density at radius 1 is 1.11 bits per heavy atom. The maximum absolute atomic E-state index is 12.5. The fraction of sp³-hybridized carbons (Fsp3) is 0.650. The zero-order valence-corrected chi connectivity index (χ0v) is 17.7. The molecule has 3 rings (SSSR count). The Balaban J connectivity index is 1.44. The largest absolute Gasteiger partial charge is 0.493 e. The number of carbonyl (C=O) groups excluding carboxylic acids is 1. The molecule has 0 radical (unpaired) electrons. The van der Waals surface area contributed by atoms with Crippen LogP contribution in [0.25, 0.3) is 0 Å². The fourth-order valence-corrected chi connectivity index (χ4v) is 3.96. The molecular formula is C20H31N3O4S. The first kappa shape index (κ1) is 20.9. The van der Waals surface area contributed by atoms with E-state index in [1.165, 1.54) is 12.8 Å². The van der Waals surface area contributed by atoms with Crippen molar-refractivity contribution >= 4 is 21.7 Å². The van der Waals surface area contributed by atoms with Crippen LogP contribution in [-0.4, -0.2) is 49.8 Å². The van der Waals surface area contributed by atoms with Crippen LogP contribution in [0.1, 0.15) is 46.5 Å². The molecule has 1 aliphatic carbocycles. The van der Waals surface area contributed by atoms with Crippen LogP contribution in [0.4, 0.5) is 10.5 Å². The van der Waals surface area contributed by atoms with E-state index in [0.29, 0.717) is 31.8 Å². The molecule has 0 spiro atoms. The second-order valence-corrected chi connectivity index (χ2v) is 11.2. The first-order valence-electron chi connectivity index (χ1n) is 9.95. The number of ether oxygens (including phenoxy) is 1. The summed E-state index contributed by atoms with van der Waals surface area (Å²) in [5.41, 5.74) is 0.722. The van der Waals surface area contributed by atoms with Gasteiger partial charge in [-0.15, -0.1) is 0 Å².